The van der Waals surface area contributed by atoms with Gasteiger partial charge >= 0.3 is 5.97 Å². The van der Waals surface area contributed by atoms with E-state index in [-0.39, 0.29) is 17.9 Å². The Morgan fingerprint density at radius 1 is 0.769 bits per heavy atom. The molecule has 1 saturated heterocycles. The summed E-state index contributed by atoms with van der Waals surface area (Å²) in [5.74, 6) is -0.797. The zero-order valence-electron chi connectivity index (χ0n) is 23.9. The molecule has 1 atom stereocenters. The van der Waals surface area contributed by atoms with Crippen molar-refractivity contribution in [2.75, 3.05) is 20.2 Å². The molecule has 1 heterocycles. The van der Waals surface area contributed by atoms with Crippen LogP contribution in [0.15, 0.2) is 85.1 Å². The Bertz CT molecular complexity index is 909. The molecule has 0 radical (unpaired) electrons. The van der Waals surface area contributed by atoms with Gasteiger partial charge in [0.1, 0.15) is 0 Å². The lowest BCUT2D eigenvalue weighted by atomic mass is 10.0. The van der Waals surface area contributed by atoms with E-state index < -0.39 is 5.97 Å². The van der Waals surface area contributed by atoms with Gasteiger partial charge in [0, 0.05) is 37.7 Å². The molecule has 2 amide bonds. The van der Waals surface area contributed by atoms with Crippen molar-refractivity contribution in [2.24, 2.45) is 0 Å². The quantitative estimate of drug-likeness (QED) is 0.120. The Kier molecular flexibility index (Phi) is 20.4. The number of carbonyl (C=O) groups is 3. The molecule has 0 spiro atoms. The van der Waals surface area contributed by atoms with Crippen molar-refractivity contribution in [1.29, 1.82) is 0 Å². The number of hydrogen-bond donors (Lipinski definition) is 1. The predicted molar refractivity (Wildman–Crippen MR) is 161 cm³/mol. The van der Waals surface area contributed by atoms with Gasteiger partial charge in [-0.15, -0.1) is 0 Å². The molecule has 6 nitrogen and oxygen atoms in total. The number of esters is 1. The highest BCUT2D eigenvalue weighted by Gasteiger charge is 2.25. The number of nitrogens with one attached hydrogen (secondary N) is 1. The fourth-order valence-corrected chi connectivity index (χ4v) is 3.98. The first-order valence-corrected chi connectivity index (χ1v) is 14.3. The maximum atomic E-state index is 12.4. The lowest BCUT2D eigenvalue weighted by Gasteiger charge is -2.35. The van der Waals surface area contributed by atoms with E-state index in [1.807, 2.05) is 6.08 Å². The lowest BCUT2D eigenvalue weighted by Crippen LogP contribution is -2.49. The SMILES string of the molecule is CC/C=C\C/C=C\C/C=C\C/C=C\C/C=C\C/C=C\CCC(=O)NCC1CCCCN1C(=O)/C=C/C(=O)OC. The van der Waals surface area contributed by atoms with Gasteiger partial charge < -0.3 is 15.0 Å². The van der Waals surface area contributed by atoms with Crippen LogP contribution in [-0.4, -0.2) is 48.9 Å². The molecular formula is C33H48N2O4. The van der Waals surface area contributed by atoms with E-state index in [2.05, 4.69) is 83.8 Å². The number of ether oxygens (including phenoxy) is 1. The molecule has 39 heavy (non-hydrogen) atoms. The second kappa shape index (κ2) is 23.7. The van der Waals surface area contributed by atoms with E-state index in [1.165, 1.54) is 13.2 Å². The number of hydrogen-bond acceptors (Lipinski definition) is 4. The number of carbonyl (C=O) groups excluding carboxylic acids is 3. The molecule has 0 aliphatic carbocycles. The molecular weight excluding hydrogens is 488 g/mol. The molecule has 0 aromatic rings. The normalized spacial score (nSPS) is 16.8. The Hall–Kier alpha value is -3.41. The summed E-state index contributed by atoms with van der Waals surface area (Å²) in [4.78, 5) is 37.7. The average molecular weight is 537 g/mol. The first-order valence-electron chi connectivity index (χ1n) is 14.3. The third-order valence-electron chi connectivity index (χ3n) is 6.14. The van der Waals surface area contributed by atoms with Gasteiger partial charge in [-0.25, -0.2) is 4.79 Å². The van der Waals surface area contributed by atoms with Crippen LogP contribution in [0.25, 0.3) is 0 Å². The first kappa shape index (κ1) is 33.6. The van der Waals surface area contributed by atoms with Crippen molar-refractivity contribution in [3.05, 3.63) is 85.1 Å². The summed E-state index contributed by atoms with van der Waals surface area (Å²) in [5.41, 5.74) is 0. The second-order valence-corrected chi connectivity index (χ2v) is 9.30. The molecule has 0 saturated carbocycles. The van der Waals surface area contributed by atoms with Gasteiger partial charge in [0.2, 0.25) is 11.8 Å². The van der Waals surface area contributed by atoms with Crippen molar-refractivity contribution in [3.63, 3.8) is 0 Å². The summed E-state index contributed by atoms with van der Waals surface area (Å²) in [6.07, 6.45) is 38.1. The smallest absolute Gasteiger partial charge is 0.330 e. The zero-order chi connectivity index (χ0) is 28.4. The Labute approximate surface area is 235 Å². The molecule has 1 N–H and O–H groups in total. The minimum atomic E-state index is -0.556. The van der Waals surface area contributed by atoms with E-state index in [9.17, 15) is 14.4 Å². The van der Waals surface area contributed by atoms with Crippen molar-refractivity contribution in [2.45, 2.75) is 83.6 Å². The molecule has 1 aliphatic heterocycles. The maximum Gasteiger partial charge on any atom is 0.330 e. The number of allylic oxidation sites excluding steroid dienone is 12. The number of methoxy groups -OCH3 is 1. The van der Waals surface area contributed by atoms with Crippen LogP contribution < -0.4 is 5.32 Å². The Morgan fingerprint density at radius 2 is 1.31 bits per heavy atom. The van der Waals surface area contributed by atoms with Crippen molar-refractivity contribution in [3.8, 4) is 0 Å². The number of rotatable bonds is 18. The molecule has 1 rings (SSSR count). The van der Waals surface area contributed by atoms with E-state index in [0.717, 1.165) is 63.9 Å². The van der Waals surface area contributed by atoms with Gasteiger partial charge in [0.05, 0.1) is 7.11 Å². The third kappa shape index (κ3) is 18.5. The molecule has 1 unspecified atom stereocenters. The van der Waals surface area contributed by atoms with Gasteiger partial charge in [-0.2, -0.15) is 0 Å². The highest BCUT2D eigenvalue weighted by atomic mass is 16.5. The zero-order valence-corrected chi connectivity index (χ0v) is 23.9. The van der Waals surface area contributed by atoms with Crippen LogP contribution in [-0.2, 0) is 19.1 Å². The Balaban J connectivity index is 2.14. The van der Waals surface area contributed by atoms with E-state index >= 15 is 0 Å². The van der Waals surface area contributed by atoms with Crippen molar-refractivity contribution >= 4 is 17.8 Å². The first-order chi connectivity index (χ1) is 19.1. The van der Waals surface area contributed by atoms with Crippen LogP contribution in [0, 0.1) is 0 Å². The van der Waals surface area contributed by atoms with Gasteiger partial charge in [-0.1, -0.05) is 79.8 Å². The highest BCUT2D eigenvalue weighted by molar-refractivity contribution is 5.94. The lowest BCUT2D eigenvalue weighted by molar-refractivity contribution is -0.135. The van der Waals surface area contributed by atoms with Crippen molar-refractivity contribution < 1.29 is 19.1 Å². The van der Waals surface area contributed by atoms with Gasteiger partial charge in [0.15, 0.2) is 0 Å². The second-order valence-electron chi connectivity index (χ2n) is 9.30. The molecule has 0 aromatic carbocycles. The van der Waals surface area contributed by atoms with Gasteiger partial charge in [0.25, 0.3) is 0 Å². The summed E-state index contributed by atoms with van der Waals surface area (Å²) in [6.45, 7) is 3.21. The number of amides is 2. The Morgan fingerprint density at radius 3 is 1.85 bits per heavy atom. The van der Waals surface area contributed by atoms with Gasteiger partial charge in [-0.3, -0.25) is 9.59 Å². The number of likely N-dealkylation sites (tertiary alicyclic amines) is 1. The monoisotopic (exact) mass is 536 g/mol. The van der Waals surface area contributed by atoms with Crippen LogP contribution in [0.5, 0.6) is 0 Å². The van der Waals surface area contributed by atoms with Crippen LogP contribution in [0.4, 0.5) is 0 Å². The summed E-state index contributed by atoms with van der Waals surface area (Å²) >= 11 is 0. The summed E-state index contributed by atoms with van der Waals surface area (Å²) < 4.78 is 4.54. The van der Waals surface area contributed by atoms with Crippen LogP contribution in [0.2, 0.25) is 0 Å². The van der Waals surface area contributed by atoms with E-state index in [1.54, 1.807) is 4.90 Å². The van der Waals surface area contributed by atoms with E-state index in [4.69, 9.17) is 0 Å². The molecule has 0 bridgehead atoms. The standard InChI is InChI=1S/C33H48N2O4/c1-3-4-5-6-7-8-9-10-11-12-13-14-15-16-17-18-19-20-21-25-31(36)34-29-30-24-22-23-28-35(30)32(37)26-27-33(38)39-2/h4-5,7-8,10-11,13-14,16-17,19-20,26-27,30H,3,6,9,12,15,18,21-25,28-29H2,1-2H3,(H,34,36)/b5-4-,8-7-,11-10-,14-13-,17-16-,20-19-,27-26+. The summed E-state index contributed by atoms with van der Waals surface area (Å²) in [7, 11) is 1.27. The predicted octanol–water partition coefficient (Wildman–Crippen LogP) is 6.69. The number of piperidine rings is 1. The molecule has 214 valence electrons. The largest absolute Gasteiger partial charge is 0.466 e. The molecule has 1 aliphatic rings. The minimum absolute atomic E-state index is 0.0161. The molecule has 1 fully saturated rings. The fourth-order valence-electron chi connectivity index (χ4n) is 3.98. The average Bonchev–Trinajstić information content (AvgIpc) is 2.95. The third-order valence-corrected chi connectivity index (χ3v) is 6.14. The molecule has 0 aromatic heterocycles. The highest BCUT2D eigenvalue weighted by Crippen LogP contribution is 2.17. The van der Waals surface area contributed by atoms with Crippen LogP contribution in [0.1, 0.15) is 77.6 Å². The van der Waals surface area contributed by atoms with Gasteiger partial charge in [-0.05, 0) is 64.2 Å². The minimum Gasteiger partial charge on any atom is -0.466 e. The van der Waals surface area contributed by atoms with E-state index in [0.29, 0.717) is 25.9 Å². The van der Waals surface area contributed by atoms with Crippen LogP contribution >= 0.6 is 0 Å². The summed E-state index contributed by atoms with van der Waals surface area (Å²) in [6, 6.07) is -0.0524. The molecule has 6 heteroatoms. The maximum absolute atomic E-state index is 12.4. The topological polar surface area (TPSA) is 75.7 Å². The number of nitrogens with zero attached hydrogens (tertiary/aromatic N) is 1. The van der Waals surface area contributed by atoms with Crippen molar-refractivity contribution in [1.82, 2.24) is 10.2 Å². The van der Waals surface area contributed by atoms with Crippen LogP contribution in [0.3, 0.4) is 0 Å². The fraction of sp³-hybridized carbons (Fsp3) is 0.485. The summed E-state index contributed by atoms with van der Waals surface area (Å²) in [5, 5.41) is 2.96.